The van der Waals surface area contributed by atoms with Crippen LogP contribution in [0, 0.1) is 0 Å². The second-order valence-corrected chi connectivity index (χ2v) is 4.70. The Bertz CT molecular complexity index is 585. The minimum Gasteiger partial charge on any atom is -0.356 e. The number of H-pyrrole nitrogens is 1. The quantitative estimate of drug-likeness (QED) is 0.739. The van der Waals surface area contributed by atoms with Gasteiger partial charge < -0.3 is 9.88 Å². The molecule has 1 atom stereocenters. The Labute approximate surface area is 100 Å². The highest BCUT2D eigenvalue weighted by atomic mass is 16.2. The molecule has 17 heavy (non-hydrogen) atoms. The fraction of sp³-hybridized carbons (Fsp3) is 0.357. The largest absolute Gasteiger partial charge is 0.356 e. The van der Waals surface area contributed by atoms with E-state index in [1.807, 2.05) is 11.0 Å². The van der Waals surface area contributed by atoms with E-state index in [-0.39, 0.29) is 11.9 Å². The van der Waals surface area contributed by atoms with Crippen LogP contribution in [0.5, 0.6) is 0 Å². The van der Waals surface area contributed by atoms with Gasteiger partial charge in [0.05, 0.1) is 6.04 Å². The summed E-state index contributed by atoms with van der Waals surface area (Å²) in [5.41, 5.74) is 3.76. The Morgan fingerprint density at radius 2 is 2.18 bits per heavy atom. The minimum atomic E-state index is 0.154. The van der Waals surface area contributed by atoms with Gasteiger partial charge in [0.1, 0.15) is 0 Å². The molecule has 3 heteroatoms. The minimum absolute atomic E-state index is 0.154. The van der Waals surface area contributed by atoms with Crippen molar-refractivity contribution in [3.8, 4) is 0 Å². The van der Waals surface area contributed by atoms with Crippen LogP contribution in [-0.2, 0) is 11.2 Å². The Morgan fingerprint density at radius 1 is 1.41 bits per heavy atom. The number of carbonyl (C=O) groups is 1. The van der Waals surface area contributed by atoms with Gasteiger partial charge in [0.15, 0.2) is 0 Å². The molecule has 1 aliphatic rings. The molecule has 1 aromatic carbocycles. The summed E-state index contributed by atoms with van der Waals surface area (Å²) >= 11 is 0. The van der Waals surface area contributed by atoms with Gasteiger partial charge >= 0.3 is 0 Å². The van der Waals surface area contributed by atoms with Gasteiger partial charge in [0.2, 0.25) is 5.91 Å². The van der Waals surface area contributed by atoms with Crippen LogP contribution < -0.4 is 0 Å². The number of hydrogen-bond acceptors (Lipinski definition) is 1. The molecule has 0 fully saturated rings. The van der Waals surface area contributed by atoms with Crippen molar-refractivity contribution in [1.82, 2.24) is 9.88 Å². The zero-order chi connectivity index (χ0) is 12.0. The SMILES string of the molecule is CC(=O)N1CCc2c([nH]c3ccccc23)[C@@H]1C. The summed E-state index contributed by atoms with van der Waals surface area (Å²) < 4.78 is 0. The molecular formula is C14H16N2O. The first-order valence-electron chi connectivity index (χ1n) is 6.05. The van der Waals surface area contributed by atoms with Gasteiger partial charge in [-0.2, -0.15) is 0 Å². The molecule has 0 saturated carbocycles. The molecule has 0 saturated heterocycles. The van der Waals surface area contributed by atoms with Crippen molar-refractivity contribution in [3.05, 3.63) is 35.5 Å². The molecule has 3 nitrogen and oxygen atoms in total. The first kappa shape index (κ1) is 10.4. The van der Waals surface area contributed by atoms with E-state index in [4.69, 9.17) is 0 Å². The first-order valence-corrected chi connectivity index (χ1v) is 6.05. The van der Waals surface area contributed by atoms with E-state index >= 15 is 0 Å². The maximum atomic E-state index is 11.5. The molecule has 1 N–H and O–H groups in total. The van der Waals surface area contributed by atoms with Crippen LogP contribution in [-0.4, -0.2) is 22.3 Å². The Morgan fingerprint density at radius 3 is 2.94 bits per heavy atom. The maximum absolute atomic E-state index is 11.5. The standard InChI is InChI=1S/C14H16N2O/c1-9-14-12(7-8-16(9)10(2)17)11-5-3-4-6-13(11)15-14/h3-6,9,15H,7-8H2,1-2H3/t9-/m0/s1. The lowest BCUT2D eigenvalue weighted by Gasteiger charge is -2.32. The molecule has 3 rings (SSSR count). The lowest BCUT2D eigenvalue weighted by Crippen LogP contribution is -2.37. The highest BCUT2D eigenvalue weighted by molar-refractivity contribution is 5.85. The van der Waals surface area contributed by atoms with E-state index in [1.165, 1.54) is 22.2 Å². The van der Waals surface area contributed by atoms with Gasteiger partial charge in [-0.05, 0) is 25.0 Å². The van der Waals surface area contributed by atoms with Crippen LogP contribution in [0.1, 0.15) is 31.1 Å². The van der Waals surface area contributed by atoms with E-state index in [1.54, 1.807) is 6.92 Å². The molecule has 1 amide bonds. The third kappa shape index (κ3) is 1.46. The summed E-state index contributed by atoms with van der Waals surface area (Å²) in [6, 6.07) is 8.51. The molecular weight excluding hydrogens is 212 g/mol. The molecule has 2 heterocycles. The van der Waals surface area contributed by atoms with Crippen molar-refractivity contribution in [3.63, 3.8) is 0 Å². The van der Waals surface area contributed by atoms with Gasteiger partial charge in [-0.15, -0.1) is 0 Å². The summed E-state index contributed by atoms with van der Waals surface area (Å²) in [5.74, 6) is 0.154. The second kappa shape index (κ2) is 3.62. The predicted molar refractivity (Wildman–Crippen MR) is 67.8 cm³/mol. The van der Waals surface area contributed by atoms with Crippen molar-refractivity contribution in [2.24, 2.45) is 0 Å². The van der Waals surface area contributed by atoms with Crippen molar-refractivity contribution >= 4 is 16.8 Å². The van der Waals surface area contributed by atoms with Crippen molar-refractivity contribution in [2.75, 3.05) is 6.54 Å². The molecule has 0 aliphatic carbocycles. The number of benzene rings is 1. The van der Waals surface area contributed by atoms with Gasteiger partial charge in [-0.3, -0.25) is 4.79 Å². The molecule has 1 aromatic heterocycles. The summed E-state index contributed by atoms with van der Waals surface area (Å²) in [4.78, 5) is 16.9. The molecule has 88 valence electrons. The number of rotatable bonds is 0. The van der Waals surface area contributed by atoms with Crippen LogP contribution in [0.4, 0.5) is 0 Å². The van der Waals surface area contributed by atoms with Gasteiger partial charge in [-0.25, -0.2) is 0 Å². The number of fused-ring (bicyclic) bond motifs is 3. The number of carbonyl (C=O) groups excluding carboxylic acids is 1. The van der Waals surface area contributed by atoms with Crippen LogP contribution >= 0.6 is 0 Å². The lowest BCUT2D eigenvalue weighted by molar-refractivity contribution is -0.131. The number of amides is 1. The summed E-state index contributed by atoms with van der Waals surface area (Å²) in [5, 5.41) is 1.30. The number of hydrogen-bond donors (Lipinski definition) is 1. The Balaban J connectivity index is 2.16. The van der Waals surface area contributed by atoms with E-state index in [9.17, 15) is 4.79 Å². The average Bonchev–Trinajstić information content (AvgIpc) is 2.69. The first-order chi connectivity index (χ1) is 8.18. The van der Waals surface area contributed by atoms with E-state index < -0.39 is 0 Å². The number of nitrogens with zero attached hydrogens (tertiary/aromatic N) is 1. The molecule has 2 aromatic rings. The predicted octanol–water partition coefficient (Wildman–Crippen LogP) is 2.63. The van der Waals surface area contributed by atoms with Crippen LogP contribution in [0.15, 0.2) is 24.3 Å². The number of aromatic nitrogens is 1. The maximum Gasteiger partial charge on any atom is 0.220 e. The zero-order valence-corrected chi connectivity index (χ0v) is 10.2. The molecule has 0 radical (unpaired) electrons. The molecule has 0 bridgehead atoms. The molecule has 0 unspecified atom stereocenters. The van der Waals surface area contributed by atoms with Crippen molar-refractivity contribution in [2.45, 2.75) is 26.3 Å². The number of aromatic amines is 1. The normalized spacial score (nSPS) is 19.4. The topological polar surface area (TPSA) is 36.1 Å². The third-order valence-electron chi connectivity index (χ3n) is 3.74. The smallest absolute Gasteiger partial charge is 0.220 e. The number of nitrogens with one attached hydrogen (secondary N) is 1. The molecule has 1 aliphatic heterocycles. The van der Waals surface area contributed by atoms with E-state index in [0.717, 1.165) is 13.0 Å². The van der Waals surface area contributed by atoms with Crippen LogP contribution in [0.3, 0.4) is 0 Å². The second-order valence-electron chi connectivity index (χ2n) is 4.70. The van der Waals surface area contributed by atoms with Gasteiger partial charge in [-0.1, -0.05) is 18.2 Å². The van der Waals surface area contributed by atoms with Crippen LogP contribution in [0.2, 0.25) is 0 Å². The van der Waals surface area contributed by atoms with Gasteiger partial charge in [0, 0.05) is 30.1 Å². The fourth-order valence-corrected chi connectivity index (χ4v) is 2.86. The van der Waals surface area contributed by atoms with E-state index in [2.05, 4.69) is 30.1 Å². The van der Waals surface area contributed by atoms with E-state index in [0.29, 0.717) is 0 Å². The third-order valence-corrected chi connectivity index (χ3v) is 3.74. The van der Waals surface area contributed by atoms with Gasteiger partial charge in [0.25, 0.3) is 0 Å². The average molecular weight is 228 g/mol. The monoisotopic (exact) mass is 228 g/mol. The lowest BCUT2D eigenvalue weighted by atomic mass is 9.98. The highest BCUT2D eigenvalue weighted by Crippen LogP contribution is 2.33. The Kier molecular flexibility index (Phi) is 2.21. The summed E-state index contributed by atoms with van der Waals surface area (Å²) in [6.45, 7) is 4.56. The van der Waals surface area contributed by atoms with Crippen molar-refractivity contribution in [1.29, 1.82) is 0 Å². The summed E-state index contributed by atoms with van der Waals surface area (Å²) in [6.07, 6.45) is 0.948. The zero-order valence-electron chi connectivity index (χ0n) is 10.2. The van der Waals surface area contributed by atoms with Crippen LogP contribution in [0.25, 0.3) is 10.9 Å². The highest BCUT2D eigenvalue weighted by Gasteiger charge is 2.28. The fourth-order valence-electron chi connectivity index (χ4n) is 2.86. The van der Waals surface area contributed by atoms with Crippen molar-refractivity contribution < 1.29 is 4.79 Å². The number of para-hydroxylation sites is 1. The Hall–Kier alpha value is -1.77. The summed E-state index contributed by atoms with van der Waals surface area (Å²) in [7, 11) is 0. The molecule has 0 spiro atoms.